The Labute approximate surface area is 154 Å². The van der Waals surface area contributed by atoms with E-state index in [9.17, 15) is 4.79 Å². The highest BCUT2D eigenvalue weighted by Crippen LogP contribution is 2.35. The van der Waals surface area contributed by atoms with Crippen molar-refractivity contribution >= 4 is 29.3 Å². The van der Waals surface area contributed by atoms with Crippen molar-refractivity contribution in [3.63, 3.8) is 0 Å². The quantitative estimate of drug-likeness (QED) is 0.483. The van der Waals surface area contributed by atoms with Crippen LogP contribution < -0.4 is 0 Å². The number of hydrogen-bond acceptors (Lipinski definition) is 6. The number of aryl methyl sites for hydroxylation is 1. The third-order valence-corrected chi connectivity index (χ3v) is 5.13. The zero-order valence-electron chi connectivity index (χ0n) is 13.9. The molecule has 2 heterocycles. The van der Waals surface area contributed by atoms with Crippen molar-refractivity contribution < 1.29 is 13.9 Å². The number of halogens is 1. The lowest BCUT2D eigenvalue weighted by Crippen LogP contribution is -1.99. The van der Waals surface area contributed by atoms with Crippen molar-refractivity contribution in [1.29, 1.82) is 0 Å². The summed E-state index contributed by atoms with van der Waals surface area (Å²) in [7, 11) is 1.32. The molecule has 0 aliphatic heterocycles. The molecule has 0 unspecified atom stereocenters. The molecular weight excluding hydrogens is 362 g/mol. The summed E-state index contributed by atoms with van der Waals surface area (Å²) in [6.07, 6.45) is 1.64. The topological polar surface area (TPSA) is 70.2 Å². The molecule has 2 aromatic heterocycles. The van der Waals surface area contributed by atoms with Crippen molar-refractivity contribution in [2.45, 2.75) is 24.3 Å². The largest absolute Gasteiger partial charge is 0.463 e. The van der Waals surface area contributed by atoms with Gasteiger partial charge in [0.2, 0.25) is 5.76 Å². The highest BCUT2D eigenvalue weighted by atomic mass is 35.5. The lowest BCUT2D eigenvalue weighted by atomic mass is 10.2. The fraction of sp³-hybridized carbons (Fsp3) is 0.235. The minimum Gasteiger partial charge on any atom is -0.463 e. The van der Waals surface area contributed by atoms with Gasteiger partial charge in [-0.15, -0.1) is 10.2 Å². The normalized spacial score (nSPS) is 12.2. The van der Waals surface area contributed by atoms with Gasteiger partial charge in [0, 0.05) is 5.02 Å². The molecule has 1 aromatic carbocycles. The molecular formula is C17H16ClN3O3S. The number of methoxy groups -OCH3 is 1. The third-order valence-electron chi connectivity index (χ3n) is 3.65. The molecule has 0 aliphatic rings. The van der Waals surface area contributed by atoms with Crippen molar-refractivity contribution in [1.82, 2.24) is 14.8 Å². The van der Waals surface area contributed by atoms with Crippen molar-refractivity contribution in [2.75, 3.05) is 7.11 Å². The fourth-order valence-corrected chi connectivity index (χ4v) is 3.31. The van der Waals surface area contributed by atoms with Gasteiger partial charge in [-0.2, -0.15) is 0 Å². The number of carbonyl (C=O) groups excluding carboxylic acids is 1. The van der Waals surface area contributed by atoms with Crippen LogP contribution in [0.5, 0.6) is 0 Å². The van der Waals surface area contributed by atoms with Crippen LogP contribution in [0, 0.1) is 6.92 Å². The molecule has 1 atom stereocenters. The second-order valence-corrected chi connectivity index (χ2v) is 7.09. The summed E-state index contributed by atoms with van der Waals surface area (Å²) in [4.78, 5) is 11.5. The van der Waals surface area contributed by atoms with Gasteiger partial charge < -0.3 is 9.15 Å². The zero-order valence-corrected chi connectivity index (χ0v) is 15.5. The summed E-state index contributed by atoms with van der Waals surface area (Å²) >= 11 is 7.68. The number of carbonyl (C=O) groups is 1. The minimum absolute atomic E-state index is 0.0673. The summed E-state index contributed by atoms with van der Waals surface area (Å²) in [6.45, 7) is 3.91. The van der Waals surface area contributed by atoms with E-state index in [0.717, 1.165) is 11.3 Å². The van der Waals surface area contributed by atoms with Crippen molar-refractivity contribution in [3.05, 3.63) is 58.8 Å². The number of rotatable bonds is 5. The average Bonchev–Trinajstić information content (AvgIpc) is 3.26. The van der Waals surface area contributed by atoms with E-state index in [1.54, 1.807) is 18.5 Å². The first-order valence-electron chi connectivity index (χ1n) is 7.51. The molecule has 0 saturated heterocycles. The number of benzene rings is 1. The molecule has 0 aliphatic carbocycles. The van der Waals surface area contributed by atoms with Gasteiger partial charge in [0.1, 0.15) is 12.1 Å². The number of nitrogens with zero attached hydrogens (tertiary/aromatic N) is 3. The molecule has 0 fully saturated rings. The maximum Gasteiger partial charge on any atom is 0.373 e. The smallest absolute Gasteiger partial charge is 0.373 e. The molecule has 130 valence electrons. The Balaban J connectivity index is 1.82. The van der Waals surface area contributed by atoms with E-state index in [1.165, 1.54) is 18.9 Å². The number of esters is 1. The predicted octanol–water partition coefficient (Wildman–Crippen LogP) is 4.46. The van der Waals surface area contributed by atoms with Crippen LogP contribution in [0.3, 0.4) is 0 Å². The molecule has 0 spiro atoms. The lowest BCUT2D eigenvalue weighted by molar-refractivity contribution is 0.0563. The summed E-state index contributed by atoms with van der Waals surface area (Å²) in [5.74, 6) is 0.333. The highest BCUT2D eigenvalue weighted by Gasteiger charge is 2.19. The molecule has 0 amide bonds. The molecule has 0 saturated carbocycles. The number of aromatic nitrogens is 3. The van der Waals surface area contributed by atoms with Crippen LogP contribution in [-0.4, -0.2) is 27.8 Å². The van der Waals surface area contributed by atoms with Crippen LogP contribution in [0.15, 0.2) is 46.2 Å². The maximum absolute atomic E-state index is 11.5. The van der Waals surface area contributed by atoms with Crippen LogP contribution in [0.25, 0.3) is 5.69 Å². The minimum atomic E-state index is -0.499. The van der Waals surface area contributed by atoms with E-state index in [2.05, 4.69) is 14.9 Å². The molecule has 0 bridgehead atoms. The summed E-state index contributed by atoms with van der Waals surface area (Å²) in [6, 6.07) is 9.14. The SMILES string of the molecule is COC(=O)c1ccc([C@@H](C)Sc2nncn2-c2ccc(C)c(Cl)c2)o1. The van der Waals surface area contributed by atoms with E-state index in [0.29, 0.717) is 15.9 Å². The molecule has 6 nitrogen and oxygen atoms in total. The second-order valence-electron chi connectivity index (χ2n) is 5.37. The standard InChI is InChI=1S/C17H16ClN3O3S/c1-10-4-5-12(8-13(10)18)21-9-19-20-17(21)25-11(2)14-6-7-15(24-14)16(22)23-3/h4-9,11H,1-3H3/t11-/m1/s1. The van der Waals surface area contributed by atoms with Gasteiger partial charge in [-0.05, 0) is 43.7 Å². The van der Waals surface area contributed by atoms with Crippen LogP contribution in [0.2, 0.25) is 5.02 Å². The molecule has 3 rings (SSSR count). The van der Waals surface area contributed by atoms with Gasteiger partial charge in [-0.1, -0.05) is 29.4 Å². The molecule has 3 aromatic rings. The van der Waals surface area contributed by atoms with Gasteiger partial charge in [0.05, 0.1) is 18.0 Å². The van der Waals surface area contributed by atoms with Crippen LogP contribution in [0.1, 0.15) is 34.1 Å². The fourth-order valence-electron chi connectivity index (χ4n) is 2.21. The summed E-state index contributed by atoms with van der Waals surface area (Å²) < 4.78 is 12.1. The van der Waals surface area contributed by atoms with E-state index in [1.807, 2.05) is 36.6 Å². The van der Waals surface area contributed by atoms with E-state index in [-0.39, 0.29) is 11.0 Å². The number of ether oxygens (including phenoxy) is 1. The number of thioether (sulfide) groups is 1. The van der Waals surface area contributed by atoms with E-state index < -0.39 is 5.97 Å². The van der Waals surface area contributed by atoms with Crippen LogP contribution in [-0.2, 0) is 4.74 Å². The van der Waals surface area contributed by atoms with Crippen molar-refractivity contribution in [2.24, 2.45) is 0 Å². The van der Waals surface area contributed by atoms with Gasteiger partial charge >= 0.3 is 5.97 Å². The van der Waals surface area contributed by atoms with Gasteiger partial charge in [-0.25, -0.2) is 4.79 Å². The van der Waals surface area contributed by atoms with Gasteiger partial charge in [0.15, 0.2) is 5.16 Å². The molecule has 0 N–H and O–H groups in total. The molecule has 0 radical (unpaired) electrons. The van der Waals surface area contributed by atoms with Crippen LogP contribution in [0.4, 0.5) is 0 Å². The first kappa shape index (κ1) is 17.6. The Hall–Kier alpha value is -2.25. The van der Waals surface area contributed by atoms with Gasteiger partial charge in [-0.3, -0.25) is 4.57 Å². The van der Waals surface area contributed by atoms with E-state index >= 15 is 0 Å². The Morgan fingerprint density at radius 3 is 2.88 bits per heavy atom. The van der Waals surface area contributed by atoms with E-state index in [4.69, 9.17) is 16.0 Å². The third kappa shape index (κ3) is 3.72. The number of hydrogen-bond donors (Lipinski definition) is 0. The average molecular weight is 378 g/mol. The first-order valence-corrected chi connectivity index (χ1v) is 8.76. The Morgan fingerprint density at radius 2 is 2.16 bits per heavy atom. The van der Waals surface area contributed by atoms with Crippen molar-refractivity contribution in [3.8, 4) is 5.69 Å². The Kier molecular flexibility index (Phi) is 5.15. The summed E-state index contributed by atoms with van der Waals surface area (Å²) in [5, 5.41) is 9.47. The maximum atomic E-state index is 11.5. The zero-order chi connectivity index (χ0) is 18.0. The Morgan fingerprint density at radius 1 is 1.36 bits per heavy atom. The summed E-state index contributed by atoms with van der Waals surface area (Å²) in [5.41, 5.74) is 1.89. The lowest BCUT2D eigenvalue weighted by Gasteiger charge is -2.10. The molecule has 8 heteroatoms. The molecule has 25 heavy (non-hydrogen) atoms. The number of furan rings is 1. The first-order chi connectivity index (χ1) is 12.0. The van der Waals surface area contributed by atoms with Crippen LogP contribution >= 0.6 is 23.4 Å². The van der Waals surface area contributed by atoms with Gasteiger partial charge in [0.25, 0.3) is 0 Å². The monoisotopic (exact) mass is 377 g/mol. The highest BCUT2D eigenvalue weighted by molar-refractivity contribution is 7.99. The second kappa shape index (κ2) is 7.33. The Bertz CT molecular complexity index is 906. The predicted molar refractivity (Wildman–Crippen MR) is 95.4 cm³/mol.